The molecule has 26 heavy (non-hydrogen) atoms. The lowest BCUT2D eigenvalue weighted by molar-refractivity contribution is -0.384. The van der Waals surface area contributed by atoms with E-state index in [9.17, 15) is 14.9 Å². The number of nitrogens with zero attached hydrogens (tertiary/aromatic N) is 2. The number of non-ortho nitro benzene ring substituents is 1. The SMILES string of the molecule is O=C1/C(=C/c2ccc(Cl)cc2)S[C@@H]2SC=C(c3ccc([N+](=O)[O-])cc3)N12. The zero-order valence-corrected chi connectivity index (χ0v) is 15.6. The van der Waals surface area contributed by atoms with Crippen LogP contribution in [-0.4, -0.2) is 20.4 Å². The van der Waals surface area contributed by atoms with Crippen LogP contribution in [0.1, 0.15) is 11.1 Å². The second-order valence-corrected chi connectivity index (χ2v) is 8.41. The van der Waals surface area contributed by atoms with Gasteiger partial charge in [-0.3, -0.25) is 19.8 Å². The van der Waals surface area contributed by atoms with Gasteiger partial charge in [0.25, 0.3) is 11.6 Å². The van der Waals surface area contributed by atoms with E-state index in [0.717, 1.165) is 16.8 Å². The van der Waals surface area contributed by atoms with Crippen LogP contribution in [0.3, 0.4) is 0 Å². The number of amides is 1. The number of hydrogen-bond acceptors (Lipinski definition) is 5. The number of hydrogen-bond donors (Lipinski definition) is 0. The standard InChI is InChI=1S/C18H11ClN2O3S2/c19-13-5-1-11(2-6-13)9-16-17(22)20-15(10-25-18(20)26-16)12-3-7-14(8-4-12)21(23)24/h1-10,18H/b16-9-/t18-/m0/s1. The fourth-order valence-corrected chi connectivity index (χ4v) is 5.27. The summed E-state index contributed by atoms with van der Waals surface area (Å²) >= 11 is 8.96. The number of thioether (sulfide) groups is 2. The van der Waals surface area contributed by atoms with Crippen LogP contribution in [0.2, 0.25) is 5.02 Å². The molecule has 2 heterocycles. The third-order valence-electron chi connectivity index (χ3n) is 3.97. The first-order valence-corrected chi connectivity index (χ1v) is 9.81. The lowest BCUT2D eigenvalue weighted by Gasteiger charge is -2.17. The van der Waals surface area contributed by atoms with Gasteiger partial charge < -0.3 is 0 Å². The van der Waals surface area contributed by atoms with E-state index in [0.29, 0.717) is 9.93 Å². The molecular formula is C18H11ClN2O3S2. The van der Waals surface area contributed by atoms with Gasteiger partial charge in [-0.1, -0.05) is 47.3 Å². The maximum Gasteiger partial charge on any atom is 0.269 e. The molecule has 1 fully saturated rings. The second-order valence-electron chi connectivity index (χ2n) is 5.60. The molecule has 2 aromatic carbocycles. The Kier molecular flexibility index (Phi) is 4.52. The molecule has 1 amide bonds. The minimum atomic E-state index is -0.436. The number of rotatable bonds is 3. The number of fused-ring (bicyclic) bond motifs is 1. The highest BCUT2D eigenvalue weighted by atomic mass is 35.5. The number of benzene rings is 2. The molecule has 8 heteroatoms. The molecule has 1 atom stereocenters. The van der Waals surface area contributed by atoms with Crippen LogP contribution in [0.15, 0.2) is 58.8 Å². The fraction of sp³-hybridized carbons (Fsp3) is 0.0556. The number of nitro groups is 1. The number of carbonyl (C=O) groups is 1. The van der Waals surface area contributed by atoms with Crippen LogP contribution in [0.4, 0.5) is 5.69 Å². The molecule has 0 radical (unpaired) electrons. The summed E-state index contributed by atoms with van der Waals surface area (Å²) in [4.78, 5) is 25.6. The van der Waals surface area contributed by atoms with Gasteiger partial charge in [0.1, 0.15) is 4.71 Å². The van der Waals surface area contributed by atoms with Crippen LogP contribution in [0.25, 0.3) is 11.8 Å². The van der Waals surface area contributed by atoms with Gasteiger partial charge in [-0.25, -0.2) is 0 Å². The molecular weight excluding hydrogens is 392 g/mol. The van der Waals surface area contributed by atoms with Crippen LogP contribution < -0.4 is 0 Å². The highest BCUT2D eigenvalue weighted by Crippen LogP contribution is 2.51. The van der Waals surface area contributed by atoms with Crippen molar-refractivity contribution in [2.45, 2.75) is 4.71 Å². The quantitative estimate of drug-likeness (QED) is 0.401. The van der Waals surface area contributed by atoms with Crippen LogP contribution in [0.5, 0.6) is 0 Å². The average Bonchev–Trinajstić information content (AvgIpc) is 3.18. The maximum atomic E-state index is 12.9. The van der Waals surface area contributed by atoms with E-state index in [2.05, 4.69) is 0 Å². The van der Waals surface area contributed by atoms with Gasteiger partial charge in [0.15, 0.2) is 0 Å². The van der Waals surface area contributed by atoms with E-state index in [1.807, 2.05) is 23.6 Å². The molecule has 5 nitrogen and oxygen atoms in total. The average molecular weight is 403 g/mol. The van der Waals surface area contributed by atoms with Crippen molar-refractivity contribution in [3.05, 3.63) is 85.1 Å². The first-order chi connectivity index (χ1) is 12.5. The summed E-state index contributed by atoms with van der Waals surface area (Å²) in [6, 6.07) is 13.6. The summed E-state index contributed by atoms with van der Waals surface area (Å²) in [5.41, 5.74) is 2.50. The van der Waals surface area contributed by atoms with Crippen molar-refractivity contribution < 1.29 is 9.72 Å². The van der Waals surface area contributed by atoms with Gasteiger partial charge in [-0.2, -0.15) is 0 Å². The predicted octanol–water partition coefficient (Wildman–Crippen LogP) is 5.19. The number of nitro benzene ring substituents is 1. The van der Waals surface area contributed by atoms with Crippen LogP contribution in [0, 0.1) is 10.1 Å². The molecule has 0 unspecified atom stereocenters. The van der Waals surface area contributed by atoms with Crippen molar-refractivity contribution in [1.29, 1.82) is 0 Å². The van der Waals surface area contributed by atoms with Crippen molar-refractivity contribution in [2.24, 2.45) is 0 Å². The summed E-state index contributed by atoms with van der Waals surface area (Å²) in [6.45, 7) is 0. The Hall–Kier alpha value is -2.22. The summed E-state index contributed by atoms with van der Waals surface area (Å²) in [5.74, 6) is -0.0652. The van der Waals surface area contributed by atoms with Crippen molar-refractivity contribution in [3.8, 4) is 0 Å². The predicted molar refractivity (Wildman–Crippen MR) is 106 cm³/mol. The summed E-state index contributed by atoms with van der Waals surface area (Å²) in [7, 11) is 0. The zero-order valence-electron chi connectivity index (χ0n) is 13.2. The smallest absolute Gasteiger partial charge is 0.269 e. The minimum Gasteiger partial charge on any atom is -0.284 e. The number of carbonyl (C=O) groups excluding carboxylic acids is 1. The van der Waals surface area contributed by atoms with Crippen LogP contribution in [-0.2, 0) is 4.79 Å². The molecule has 2 aromatic rings. The Balaban J connectivity index is 1.60. The first kappa shape index (κ1) is 17.2. The van der Waals surface area contributed by atoms with Crippen molar-refractivity contribution >= 4 is 58.5 Å². The van der Waals surface area contributed by atoms with E-state index >= 15 is 0 Å². The van der Waals surface area contributed by atoms with Gasteiger partial charge >= 0.3 is 0 Å². The van der Waals surface area contributed by atoms with E-state index in [-0.39, 0.29) is 16.3 Å². The van der Waals surface area contributed by atoms with Crippen molar-refractivity contribution in [3.63, 3.8) is 0 Å². The molecule has 1 saturated heterocycles. The van der Waals surface area contributed by atoms with Gasteiger partial charge in [0, 0.05) is 17.2 Å². The largest absolute Gasteiger partial charge is 0.284 e. The van der Waals surface area contributed by atoms with Gasteiger partial charge in [0.05, 0.1) is 15.5 Å². The molecule has 4 rings (SSSR count). The van der Waals surface area contributed by atoms with Crippen LogP contribution >= 0.6 is 35.1 Å². The number of halogens is 1. The summed E-state index contributed by atoms with van der Waals surface area (Å²) in [5, 5.41) is 13.4. The van der Waals surface area contributed by atoms with E-state index < -0.39 is 4.92 Å². The second kappa shape index (κ2) is 6.83. The van der Waals surface area contributed by atoms with Crippen molar-refractivity contribution in [2.75, 3.05) is 0 Å². The Morgan fingerprint density at radius 3 is 2.46 bits per heavy atom. The topological polar surface area (TPSA) is 63.4 Å². The molecule has 0 saturated carbocycles. The Morgan fingerprint density at radius 1 is 1.12 bits per heavy atom. The Morgan fingerprint density at radius 2 is 1.81 bits per heavy atom. The minimum absolute atomic E-state index is 0.0296. The molecule has 0 aromatic heterocycles. The lowest BCUT2D eigenvalue weighted by atomic mass is 10.1. The molecule has 0 spiro atoms. The molecule has 130 valence electrons. The third kappa shape index (κ3) is 3.13. The Bertz CT molecular complexity index is 955. The van der Waals surface area contributed by atoms with E-state index in [1.165, 1.54) is 23.9 Å². The van der Waals surface area contributed by atoms with Gasteiger partial charge in [0.2, 0.25) is 0 Å². The van der Waals surface area contributed by atoms with Gasteiger partial charge in [-0.15, -0.1) is 0 Å². The third-order valence-corrected chi connectivity index (χ3v) is 6.60. The molecule has 0 aliphatic carbocycles. The van der Waals surface area contributed by atoms with Crippen molar-refractivity contribution in [1.82, 2.24) is 4.90 Å². The molecule has 2 aliphatic rings. The molecule has 0 N–H and O–H groups in total. The Labute approximate surface area is 162 Å². The zero-order chi connectivity index (χ0) is 18.3. The fourth-order valence-electron chi connectivity index (χ4n) is 2.68. The first-order valence-electron chi connectivity index (χ1n) is 7.61. The summed E-state index contributed by atoms with van der Waals surface area (Å²) < 4.78 is -0.0498. The highest BCUT2D eigenvalue weighted by Gasteiger charge is 2.42. The monoisotopic (exact) mass is 402 g/mol. The molecule has 2 aliphatic heterocycles. The highest BCUT2D eigenvalue weighted by molar-refractivity contribution is 8.21. The van der Waals surface area contributed by atoms with E-state index in [4.69, 9.17) is 11.6 Å². The molecule has 0 bridgehead atoms. The summed E-state index contributed by atoms with van der Waals surface area (Å²) in [6.07, 6.45) is 1.86. The van der Waals surface area contributed by atoms with E-state index in [1.54, 1.807) is 40.9 Å². The maximum absolute atomic E-state index is 12.9. The normalized spacial score (nSPS) is 20.4. The lowest BCUT2D eigenvalue weighted by Crippen LogP contribution is -2.25. The van der Waals surface area contributed by atoms with Gasteiger partial charge in [-0.05, 0) is 46.9 Å².